The molecule has 0 aliphatic heterocycles. The second-order valence-corrected chi connectivity index (χ2v) is 6.48. The molecule has 5 heteroatoms. The summed E-state index contributed by atoms with van der Waals surface area (Å²) in [5.41, 5.74) is 4.16. The van der Waals surface area contributed by atoms with Crippen molar-refractivity contribution in [3.8, 4) is 5.69 Å². The molecule has 2 aromatic rings. The number of aryl methyl sites for hydroxylation is 1. The number of halogens is 2. The van der Waals surface area contributed by atoms with Gasteiger partial charge >= 0.3 is 0 Å². The largest absolute Gasteiger partial charge is 0.310 e. The van der Waals surface area contributed by atoms with Gasteiger partial charge in [-0.05, 0) is 67.4 Å². The SMILES string of the molecule is CCCNC(C)c1ccc(-n2nc(C)c(Br)c2C)cc1Cl. The fourth-order valence-corrected chi connectivity index (χ4v) is 2.93. The predicted molar refractivity (Wildman–Crippen MR) is 92.5 cm³/mol. The smallest absolute Gasteiger partial charge is 0.0743 e. The van der Waals surface area contributed by atoms with Crippen LogP contribution in [0, 0.1) is 13.8 Å². The minimum Gasteiger partial charge on any atom is -0.310 e. The van der Waals surface area contributed by atoms with Gasteiger partial charge in [-0.25, -0.2) is 4.68 Å². The minimum atomic E-state index is 0.249. The summed E-state index contributed by atoms with van der Waals surface area (Å²) >= 11 is 10.0. The van der Waals surface area contributed by atoms with Crippen LogP contribution >= 0.6 is 27.5 Å². The quantitative estimate of drug-likeness (QED) is 0.805. The van der Waals surface area contributed by atoms with E-state index < -0.39 is 0 Å². The van der Waals surface area contributed by atoms with Gasteiger partial charge in [0, 0.05) is 11.1 Å². The summed E-state index contributed by atoms with van der Waals surface area (Å²) in [5.74, 6) is 0. The highest BCUT2D eigenvalue weighted by molar-refractivity contribution is 9.10. The molecule has 1 aromatic heterocycles. The van der Waals surface area contributed by atoms with Gasteiger partial charge in [-0.1, -0.05) is 24.6 Å². The number of aromatic nitrogens is 2. The molecular weight excluding hydrogens is 350 g/mol. The lowest BCUT2D eigenvalue weighted by Gasteiger charge is -2.16. The number of nitrogens with zero attached hydrogens (tertiary/aromatic N) is 2. The van der Waals surface area contributed by atoms with Crippen molar-refractivity contribution >= 4 is 27.5 Å². The Morgan fingerprint density at radius 2 is 2.10 bits per heavy atom. The fourth-order valence-electron chi connectivity index (χ4n) is 2.34. The van der Waals surface area contributed by atoms with Crippen molar-refractivity contribution in [3.63, 3.8) is 0 Å². The number of hydrogen-bond donors (Lipinski definition) is 1. The molecule has 0 spiro atoms. The molecule has 0 saturated carbocycles. The maximum Gasteiger partial charge on any atom is 0.0743 e. The van der Waals surface area contributed by atoms with Crippen molar-refractivity contribution in [2.75, 3.05) is 6.54 Å². The summed E-state index contributed by atoms with van der Waals surface area (Å²) in [4.78, 5) is 0. The van der Waals surface area contributed by atoms with Gasteiger partial charge in [0.05, 0.1) is 21.5 Å². The third kappa shape index (κ3) is 3.50. The zero-order valence-electron chi connectivity index (χ0n) is 12.9. The number of rotatable bonds is 5. The van der Waals surface area contributed by atoms with Crippen LogP contribution in [-0.4, -0.2) is 16.3 Å². The van der Waals surface area contributed by atoms with Gasteiger partial charge in [-0.3, -0.25) is 0 Å². The van der Waals surface area contributed by atoms with Crippen LogP contribution in [0.1, 0.15) is 43.3 Å². The normalized spacial score (nSPS) is 12.7. The third-order valence-electron chi connectivity index (χ3n) is 3.60. The molecule has 0 amide bonds. The Bertz CT molecular complexity index is 637. The highest BCUT2D eigenvalue weighted by Gasteiger charge is 2.13. The lowest BCUT2D eigenvalue weighted by Crippen LogP contribution is -2.19. The van der Waals surface area contributed by atoms with Crippen LogP contribution in [0.25, 0.3) is 5.69 Å². The van der Waals surface area contributed by atoms with Crippen LogP contribution < -0.4 is 5.32 Å². The third-order valence-corrected chi connectivity index (χ3v) is 5.07. The highest BCUT2D eigenvalue weighted by Crippen LogP contribution is 2.28. The second kappa shape index (κ2) is 6.95. The first-order valence-corrected chi connectivity index (χ1v) is 8.37. The molecule has 0 bridgehead atoms. The van der Waals surface area contributed by atoms with E-state index in [-0.39, 0.29) is 6.04 Å². The Morgan fingerprint density at radius 3 is 2.62 bits per heavy atom. The summed E-state index contributed by atoms with van der Waals surface area (Å²) in [6.07, 6.45) is 1.11. The summed E-state index contributed by atoms with van der Waals surface area (Å²) in [6, 6.07) is 6.37. The van der Waals surface area contributed by atoms with E-state index in [1.807, 2.05) is 24.6 Å². The first-order valence-electron chi connectivity index (χ1n) is 7.20. The predicted octanol–water partition coefficient (Wildman–Crippen LogP) is 4.97. The van der Waals surface area contributed by atoms with Crippen molar-refractivity contribution in [1.29, 1.82) is 0 Å². The van der Waals surface area contributed by atoms with Crippen molar-refractivity contribution in [2.24, 2.45) is 0 Å². The van der Waals surface area contributed by atoms with Crippen LogP contribution in [0.15, 0.2) is 22.7 Å². The summed E-state index contributed by atoms with van der Waals surface area (Å²) in [7, 11) is 0. The molecule has 2 rings (SSSR count). The molecule has 21 heavy (non-hydrogen) atoms. The van der Waals surface area contributed by atoms with Crippen LogP contribution in [0.3, 0.4) is 0 Å². The Morgan fingerprint density at radius 1 is 1.38 bits per heavy atom. The van der Waals surface area contributed by atoms with Gasteiger partial charge in [0.25, 0.3) is 0 Å². The number of benzene rings is 1. The van der Waals surface area contributed by atoms with Crippen LogP contribution in [0.5, 0.6) is 0 Å². The maximum atomic E-state index is 6.46. The van der Waals surface area contributed by atoms with Gasteiger partial charge in [-0.2, -0.15) is 5.10 Å². The van der Waals surface area contributed by atoms with E-state index in [4.69, 9.17) is 11.6 Å². The van der Waals surface area contributed by atoms with Crippen molar-refractivity contribution in [1.82, 2.24) is 15.1 Å². The summed E-state index contributed by atoms with van der Waals surface area (Å²) in [5, 5.41) is 8.77. The molecule has 0 aliphatic carbocycles. The van der Waals surface area contributed by atoms with Crippen molar-refractivity contribution in [2.45, 2.75) is 40.2 Å². The average molecular weight is 371 g/mol. The first-order chi connectivity index (χ1) is 9.95. The lowest BCUT2D eigenvalue weighted by molar-refractivity contribution is 0.570. The molecule has 1 unspecified atom stereocenters. The minimum absolute atomic E-state index is 0.249. The summed E-state index contributed by atoms with van der Waals surface area (Å²) < 4.78 is 2.96. The fraction of sp³-hybridized carbons (Fsp3) is 0.438. The molecule has 3 nitrogen and oxygen atoms in total. The zero-order chi connectivity index (χ0) is 15.6. The van der Waals surface area contributed by atoms with Crippen LogP contribution in [0.4, 0.5) is 0 Å². The lowest BCUT2D eigenvalue weighted by atomic mass is 10.1. The number of nitrogens with one attached hydrogen (secondary N) is 1. The van der Waals surface area contributed by atoms with E-state index >= 15 is 0 Å². The Kier molecular flexibility index (Phi) is 5.47. The van der Waals surface area contributed by atoms with Crippen molar-refractivity contribution < 1.29 is 0 Å². The molecule has 1 aromatic carbocycles. The zero-order valence-corrected chi connectivity index (χ0v) is 15.2. The molecule has 1 heterocycles. The molecule has 1 N–H and O–H groups in total. The highest BCUT2D eigenvalue weighted by atomic mass is 79.9. The van der Waals surface area contributed by atoms with E-state index in [2.05, 4.69) is 52.3 Å². The van der Waals surface area contributed by atoms with Gasteiger partial charge in [0.15, 0.2) is 0 Å². The van der Waals surface area contributed by atoms with Crippen LogP contribution in [-0.2, 0) is 0 Å². The summed E-state index contributed by atoms with van der Waals surface area (Å²) in [6.45, 7) is 9.31. The molecule has 0 saturated heterocycles. The van der Waals surface area contributed by atoms with E-state index in [0.717, 1.165) is 45.1 Å². The number of hydrogen-bond acceptors (Lipinski definition) is 2. The Hall–Kier alpha value is -0.840. The van der Waals surface area contributed by atoms with Crippen molar-refractivity contribution in [3.05, 3.63) is 44.6 Å². The molecule has 0 fully saturated rings. The molecule has 114 valence electrons. The van der Waals surface area contributed by atoms with Gasteiger partial charge in [0.1, 0.15) is 0 Å². The average Bonchev–Trinajstić information content (AvgIpc) is 2.72. The molecule has 0 aliphatic rings. The van der Waals surface area contributed by atoms with E-state index in [1.54, 1.807) is 0 Å². The van der Waals surface area contributed by atoms with Gasteiger partial charge < -0.3 is 5.32 Å². The monoisotopic (exact) mass is 369 g/mol. The topological polar surface area (TPSA) is 29.9 Å². The Labute approximate surface area is 139 Å². The van der Waals surface area contributed by atoms with E-state index in [0.29, 0.717) is 0 Å². The van der Waals surface area contributed by atoms with Gasteiger partial charge in [-0.15, -0.1) is 0 Å². The molecular formula is C16H21BrClN3. The molecule has 1 atom stereocenters. The van der Waals surface area contributed by atoms with E-state index in [9.17, 15) is 0 Å². The first kappa shape index (κ1) is 16.5. The van der Waals surface area contributed by atoms with Gasteiger partial charge in [0.2, 0.25) is 0 Å². The molecule has 0 radical (unpaired) electrons. The van der Waals surface area contributed by atoms with E-state index in [1.165, 1.54) is 0 Å². The maximum absolute atomic E-state index is 6.46. The second-order valence-electron chi connectivity index (χ2n) is 5.28. The van der Waals surface area contributed by atoms with Crippen LogP contribution in [0.2, 0.25) is 5.02 Å². The standard InChI is InChI=1S/C16H21BrClN3/c1-5-8-19-10(2)14-7-6-13(9-15(14)18)21-12(4)16(17)11(3)20-21/h6-7,9-10,19H,5,8H2,1-4H3. The Balaban J connectivity index is 2.32.